The monoisotopic (exact) mass is 469 g/mol. The molecule has 2 aromatic heterocycles. The van der Waals surface area contributed by atoms with Gasteiger partial charge in [-0.2, -0.15) is 0 Å². The number of hydrogen-bond acceptors (Lipinski definition) is 6. The van der Waals surface area contributed by atoms with Crippen LogP contribution in [0.5, 0.6) is 0 Å². The lowest BCUT2D eigenvalue weighted by Crippen LogP contribution is -2.25. The Morgan fingerprint density at radius 1 is 1.22 bits per heavy atom. The SMILES string of the molecule is CSc1nnc(CCCNC(=O)c2sc(-c3ccc(C)cc3C)nc2C)n1C1CCCC1. The van der Waals surface area contributed by atoms with Crippen molar-refractivity contribution in [3.63, 3.8) is 0 Å². The third kappa shape index (κ3) is 4.91. The number of nitrogens with zero attached hydrogens (tertiary/aromatic N) is 4. The van der Waals surface area contributed by atoms with Gasteiger partial charge in [0.25, 0.3) is 5.91 Å². The molecular weight excluding hydrogens is 438 g/mol. The van der Waals surface area contributed by atoms with Crippen LogP contribution in [0.1, 0.15) is 70.5 Å². The number of amides is 1. The molecule has 1 saturated carbocycles. The smallest absolute Gasteiger partial charge is 0.263 e. The summed E-state index contributed by atoms with van der Waals surface area (Å²) < 4.78 is 2.34. The van der Waals surface area contributed by atoms with Gasteiger partial charge in [0.1, 0.15) is 15.7 Å². The molecule has 1 N–H and O–H groups in total. The van der Waals surface area contributed by atoms with Gasteiger partial charge in [0, 0.05) is 24.6 Å². The van der Waals surface area contributed by atoms with E-state index in [1.54, 1.807) is 11.8 Å². The van der Waals surface area contributed by atoms with E-state index in [0.717, 1.165) is 40.1 Å². The lowest BCUT2D eigenvalue weighted by Gasteiger charge is -2.16. The molecule has 1 amide bonds. The van der Waals surface area contributed by atoms with E-state index in [1.165, 1.54) is 48.1 Å². The fourth-order valence-electron chi connectivity index (χ4n) is 4.45. The molecular formula is C24H31N5OS2. The Hall–Kier alpha value is -2.19. The summed E-state index contributed by atoms with van der Waals surface area (Å²) in [6.45, 7) is 6.69. The van der Waals surface area contributed by atoms with E-state index in [1.807, 2.05) is 6.92 Å². The zero-order chi connectivity index (χ0) is 22.7. The molecule has 1 aliphatic carbocycles. The Labute approximate surface area is 198 Å². The number of nitrogens with one attached hydrogen (secondary N) is 1. The molecule has 170 valence electrons. The number of benzene rings is 1. The van der Waals surface area contributed by atoms with E-state index < -0.39 is 0 Å². The highest BCUT2D eigenvalue weighted by Gasteiger charge is 2.23. The third-order valence-corrected chi connectivity index (χ3v) is 7.92. The van der Waals surface area contributed by atoms with Crippen molar-refractivity contribution >= 4 is 29.0 Å². The van der Waals surface area contributed by atoms with Crippen LogP contribution in [0.25, 0.3) is 10.6 Å². The first-order chi connectivity index (χ1) is 15.5. The summed E-state index contributed by atoms with van der Waals surface area (Å²) in [6.07, 6.45) is 8.70. The molecule has 3 aromatic rings. The molecule has 0 aliphatic heterocycles. The van der Waals surface area contributed by atoms with Crippen molar-refractivity contribution in [1.29, 1.82) is 0 Å². The molecule has 0 unspecified atom stereocenters. The number of aryl methyl sites for hydroxylation is 4. The van der Waals surface area contributed by atoms with Gasteiger partial charge in [0.15, 0.2) is 5.16 Å². The van der Waals surface area contributed by atoms with Gasteiger partial charge in [-0.15, -0.1) is 21.5 Å². The first kappa shape index (κ1) is 23.0. The number of carbonyl (C=O) groups is 1. The average molecular weight is 470 g/mol. The van der Waals surface area contributed by atoms with Crippen LogP contribution < -0.4 is 5.32 Å². The lowest BCUT2D eigenvalue weighted by atomic mass is 10.1. The van der Waals surface area contributed by atoms with Gasteiger partial charge in [-0.25, -0.2) is 4.98 Å². The van der Waals surface area contributed by atoms with Crippen molar-refractivity contribution in [2.45, 2.75) is 70.5 Å². The maximum absolute atomic E-state index is 12.8. The van der Waals surface area contributed by atoms with E-state index in [-0.39, 0.29) is 5.91 Å². The predicted octanol–water partition coefficient (Wildman–Crippen LogP) is 5.53. The predicted molar refractivity (Wildman–Crippen MR) is 132 cm³/mol. The fraction of sp³-hybridized carbons (Fsp3) is 0.500. The maximum Gasteiger partial charge on any atom is 0.263 e. The lowest BCUT2D eigenvalue weighted by molar-refractivity contribution is 0.0956. The highest BCUT2D eigenvalue weighted by Crippen LogP contribution is 2.33. The van der Waals surface area contributed by atoms with Crippen LogP contribution in [0, 0.1) is 20.8 Å². The molecule has 8 heteroatoms. The minimum absolute atomic E-state index is 0.0434. The Morgan fingerprint density at radius 2 is 2.00 bits per heavy atom. The summed E-state index contributed by atoms with van der Waals surface area (Å²) in [5.41, 5.74) is 4.29. The summed E-state index contributed by atoms with van der Waals surface area (Å²) in [4.78, 5) is 18.2. The van der Waals surface area contributed by atoms with E-state index in [9.17, 15) is 4.79 Å². The summed E-state index contributed by atoms with van der Waals surface area (Å²) in [7, 11) is 0. The summed E-state index contributed by atoms with van der Waals surface area (Å²) in [6, 6.07) is 6.86. The number of aromatic nitrogens is 4. The second kappa shape index (κ2) is 10.2. The van der Waals surface area contributed by atoms with E-state index in [0.29, 0.717) is 17.5 Å². The molecule has 0 radical (unpaired) electrons. The molecule has 1 fully saturated rings. The van der Waals surface area contributed by atoms with Gasteiger partial charge < -0.3 is 9.88 Å². The topological polar surface area (TPSA) is 72.7 Å². The summed E-state index contributed by atoms with van der Waals surface area (Å²) >= 11 is 3.13. The molecule has 0 saturated heterocycles. The van der Waals surface area contributed by atoms with Crippen molar-refractivity contribution < 1.29 is 4.79 Å². The van der Waals surface area contributed by atoms with Gasteiger partial charge in [0.2, 0.25) is 0 Å². The highest BCUT2D eigenvalue weighted by molar-refractivity contribution is 7.98. The third-order valence-electron chi connectivity index (χ3n) is 6.09. The largest absolute Gasteiger partial charge is 0.351 e. The zero-order valence-electron chi connectivity index (χ0n) is 19.3. The molecule has 1 aromatic carbocycles. The minimum atomic E-state index is -0.0434. The average Bonchev–Trinajstić information content (AvgIpc) is 3.50. The van der Waals surface area contributed by atoms with Crippen LogP contribution in [0.4, 0.5) is 0 Å². The second-order valence-corrected chi connectivity index (χ2v) is 10.3. The van der Waals surface area contributed by atoms with Crippen LogP contribution in [-0.2, 0) is 6.42 Å². The summed E-state index contributed by atoms with van der Waals surface area (Å²) in [5.74, 6) is 1.000. The molecule has 0 atom stereocenters. The second-order valence-electron chi connectivity index (χ2n) is 8.52. The Morgan fingerprint density at radius 3 is 2.72 bits per heavy atom. The van der Waals surface area contributed by atoms with Crippen molar-refractivity contribution in [2.24, 2.45) is 0 Å². The van der Waals surface area contributed by atoms with E-state index >= 15 is 0 Å². The maximum atomic E-state index is 12.8. The van der Waals surface area contributed by atoms with Crippen LogP contribution in [0.15, 0.2) is 23.4 Å². The summed E-state index contributed by atoms with van der Waals surface area (Å²) in [5, 5.41) is 13.8. The van der Waals surface area contributed by atoms with Crippen molar-refractivity contribution in [1.82, 2.24) is 25.1 Å². The molecule has 6 nitrogen and oxygen atoms in total. The molecule has 0 bridgehead atoms. The number of thioether (sulfide) groups is 1. The van der Waals surface area contributed by atoms with E-state index in [4.69, 9.17) is 0 Å². The van der Waals surface area contributed by atoms with Crippen LogP contribution in [0.3, 0.4) is 0 Å². The van der Waals surface area contributed by atoms with Crippen molar-refractivity contribution in [3.8, 4) is 10.6 Å². The standard InChI is InChI=1S/C24H31N5OS2/c1-15-11-12-19(16(2)14-15)23-26-17(3)21(32-23)22(30)25-13-7-10-20-27-28-24(31-4)29(20)18-8-5-6-9-18/h11-12,14,18H,5-10,13H2,1-4H3,(H,25,30). The van der Waals surface area contributed by atoms with Crippen LogP contribution >= 0.6 is 23.1 Å². The zero-order valence-corrected chi connectivity index (χ0v) is 20.9. The molecule has 2 heterocycles. The van der Waals surface area contributed by atoms with E-state index in [2.05, 4.69) is 63.4 Å². The van der Waals surface area contributed by atoms with Crippen molar-refractivity contribution in [2.75, 3.05) is 12.8 Å². The highest BCUT2D eigenvalue weighted by atomic mass is 32.2. The Balaban J connectivity index is 1.36. The number of thiazole rings is 1. The Kier molecular flexibility index (Phi) is 7.30. The van der Waals surface area contributed by atoms with Gasteiger partial charge in [-0.3, -0.25) is 4.79 Å². The molecule has 1 aliphatic rings. The molecule has 32 heavy (non-hydrogen) atoms. The van der Waals surface area contributed by atoms with Gasteiger partial charge >= 0.3 is 0 Å². The molecule has 4 rings (SSSR count). The van der Waals surface area contributed by atoms with Crippen molar-refractivity contribution in [3.05, 3.63) is 45.7 Å². The first-order valence-corrected chi connectivity index (χ1v) is 13.3. The molecule has 0 spiro atoms. The minimum Gasteiger partial charge on any atom is -0.351 e. The quantitative estimate of drug-likeness (QED) is 0.347. The first-order valence-electron chi connectivity index (χ1n) is 11.3. The number of carbonyl (C=O) groups excluding carboxylic acids is 1. The van der Waals surface area contributed by atoms with Gasteiger partial charge in [-0.1, -0.05) is 48.4 Å². The van der Waals surface area contributed by atoms with Gasteiger partial charge in [0.05, 0.1) is 5.69 Å². The van der Waals surface area contributed by atoms with Crippen LogP contribution in [-0.4, -0.2) is 38.5 Å². The normalized spacial score (nSPS) is 14.2. The fourth-order valence-corrected chi connectivity index (χ4v) is 6.10. The Bertz CT molecular complexity index is 1100. The van der Waals surface area contributed by atoms with Gasteiger partial charge in [-0.05, 0) is 51.9 Å². The van der Waals surface area contributed by atoms with Crippen LogP contribution in [0.2, 0.25) is 0 Å². The number of hydrogen-bond donors (Lipinski definition) is 1. The number of rotatable bonds is 8.